The molecule has 0 unspecified atom stereocenters. The van der Waals surface area contributed by atoms with E-state index in [0.29, 0.717) is 19.4 Å². The van der Waals surface area contributed by atoms with Crippen LogP contribution in [-0.4, -0.2) is 83.4 Å². The molecule has 286 valence electrons. The van der Waals surface area contributed by atoms with E-state index in [0.717, 1.165) is 11.1 Å². The molecule has 0 aliphatic rings. The fraction of sp³-hybridized carbons (Fsp3) is 0.526. The number of aliphatic carboxylic acids is 1. The van der Waals surface area contributed by atoms with E-state index in [1.54, 1.807) is 38.1 Å². The lowest BCUT2D eigenvalue weighted by Gasteiger charge is -2.29. The van der Waals surface area contributed by atoms with Crippen LogP contribution in [0.1, 0.15) is 71.4 Å². The number of unbranched alkanes of at least 4 members (excludes halogenated alkanes) is 1. The number of hydrogen-bond donors (Lipinski definition) is 8. The summed E-state index contributed by atoms with van der Waals surface area (Å²) in [6, 6.07) is 11.6. The molecule has 0 saturated carbocycles. The topological polar surface area (TPSA) is 235 Å². The van der Waals surface area contributed by atoms with Crippen LogP contribution < -0.4 is 38.1 Å². The van der Waals surface area contributed by atoms with E-state index in [2.05, 4.69) is 26.6 Å². The Hall–Kier alpha value is -4.82. The third-order valence-electron chi connectivity index (χ3n) is 8.39. The number of carbonyl (C=O) groups is 6. The summed E-state index contributed by atoms with van der Waals surface area (Å²) in [7, 11) is 0. The average molecular weight is 724 g/mol. The minimum Gasteiger partial charge on any atom is -0.480 e. The van der Waals surface area contributed by atoms with Crippen LogP contribution in [0.3, 0.4) is 0 Å². The molecule has 2 aromatic carbocycles. The normalized spacial score (nSPS) is 14.6. The van der Waals surface area contributed by atoms with Crippen LogP contribution >= 0.6 is 0 Å². The van der Waals surface area contributed by atoms with Crippen LogP contribution in [0.25, 0.3) is 0 Å². The molecule has 14 nitrogen and oxygen atoms in total. The van der Waals surface area contributed by atoms with Gasteiger partial charge in [0.2, 0.25) is 29.5 Å². The standard InChI is InChI=1S/C38H57N7O7/c1-23(2)20-29(34(47)41-28(38(51)52)18-12-13-19-39)44-37(50)32(24(3)4)45-36(49)31(22-27-16-10-7-11-17-27)43-35(48)30(42-33(46)25(5)40)21-26-14-8-6-9-15-26/h6-11,14-17,23-25,28-32H,12-13,18-22,39-40H2,1-5H3,(H,41,47)(H,42,46)(H,43,48)(H,44,50)(H,45,49)(H,51,52)/t25-,28-,29-,30-,31-,32-/m1/s1. The van der Waals surface area contributed by atoms with Crippen molar-refractivity contribution < 1.29 is 33.9 Å². The van der Waals surface area contributed by atoms with Gasteiger partial charge in [0.05, 0.1) is 6.04 Å². The number of nitrogens with one attached hydrogen (secondary N) is 5. The number of hydrogen-bond acceptors (Lipinski definition) is 8. The number of carboxylic acids is 1. The summed E-state index contributed by atoms with van der Waals surface area (Å²) in [5.74, 6) is -4.78. The Balaban J connectivity index is 2.33. The predicted molar refractivity (Wildman–Crippen MR) is 198 cm³/mol. The molecule has 0 aliphatic carbocycles. The molecule has 14 heteroatoms. The molecular formula is C38H57N7O7. The molecule has 52 heavy (non-hydrogen) atoms. The second-order valence-electron chi connectivity index (χ2n) is 13.9. The average Bonchev–Trinajstić information content (AvgIpc) is 3.09. The molecule has 2 rings (SSSR count). The van der Waals surface area contributed by atoms with Crippen molar-refractivity contribution in [2.45, 2.75) is 109 Å². The lowest BCUT2D eigenvalue weighted by atomic mass is 9.98. The Bertz CT molecular complexity index is 1450. The Morgan fingerprint density at radius 1 is 0.596 bits per heavy atom. The summed E-state index contributed by atoms with van der Waals surface area (Å²) in [5, 5.41) is 23.2. The first-order valence-electron chi connectivity index (χ1n) is 17.9. The highest BCUT2D eigenvalue weighted by Crippen LogP contribution is 2.12. The Kier molecular flexibility index (Phi) is 18.5. The summed E-state index contributed by atoms with van der Waals surface area (Å²) >= 11 is 0. The molecule has 0 radical (unpaired) electrons. The van der Waals surface area contributed by atoms with Gasteiger partial charge in [-0.1, -0.05) is 88.4 Å². The molecule has 10 N–H and O–H groups in total. The summed E-state index contributed by atoms with van der Waals surface area (Å²) in [6.07, 6.45) is 1.71. The summed E-state index contributed by atoms with van der Waals surface area (Å²) in [6.45, 7) is 9.07. The molecule has 2 aromatic rings. The number of carbonyl (C=O) groups excluding carboxylic acids is 5. The number of rotatable bonds is 22. The molecule has 6 atom stereocenters. The largest absolute Gasteiger partial charge is 0.480 e. The quantitative estimate of drug-likeness (QED) is 0.0813. The highest BCUT2D eigenvalue weighted by Gasteiger charge is 2.34. The Labute approximate surface area is 306 Å². The van der Waals surface area contributed by atoms with Crippen LogP contribution in [-0.2, 0) is 41.6 Å². The SMILES string of the molecule is CC(C)C[C@@H](NC(=O)[C@H](NC(=O)[C@@H](Cc1ccccc1)NC(=O)[C@@H](Cc1ccccc1)NC(=O)[C@@H](C)N)C(C)C)C(=O)N[C@H](CCCCN)C(=O)O. The van der Waals surface area contributed by atoms with E-state index in [1.807, 2.05) is 50.2 Å². The maximum atomic E-state index is 14.0. The van der Waals surface area contributed by atoms with Crippen molar-refractivity contribution in [2.75, 3.05) is 6.54 Å². The minimum absolute atomic E-state index is 0.0410. The molecule has 0 heterocycles. The molecule has 0 bridgehead atoms. The van der Waals surface area contributed by atoms with Gasteiger partial charge >= 0.3 is 5.97 Å². The zero-order valence-electron chi connectivity index (χ0n) is 30.9. The van der Waals surface area contributed by atoms with Crippen LogP contribution in [0, 0.1) is 11.8 Å². The first-order chi connectivity index (χ1) is 24.6. The molecule has 0 aromatic heterocycles. The maximum Gasteiger partial charge on any atom is 0.326 e. The van der Waals surface area contributed by atoms with Gasteiger partial charge in [-0.3, -0.25) is 24.0 Å². The fourth-order valence-electron chi connectivity index (χ4n) is 5.47. The zero-order chi connectivity index (χ0) is 38.8. The van der Waals surface area contributed by atoms with Gasteiger partial charge in [-0.05, 0) is 62.1 Å². The maximum absolute atomic E-state index is 14.0. The van der Waals surface area contributed by atoms with Gasteiger partial charge in [-0.25, -0.2) is 4.79 Å². The monoisotopic (exact) mass is 723 g/mol. The second kappa shape index (κ2) is 22.2. The third-order valence-corrected chi connectivity index (χ3v) is 8.39. The molecule has 0 spiro atoms. The number of benzene rings is 2. The van der Waals surface area contributed by atoms with Crippen molar-refractivity contribution in [3.63, 3.8) is 0 Å². The van der Waals surface area contributed by atoms with Gasteiger partial charge in [-0.15, -0.1) is 0 Å². The lowest BCUT2D eigenvalue weighted by Crippen LogP contribution is -2.60. The van der Waals surface area contributed by atoms with Crippen molar-refractivity contribution in [1.82, 2.24) is 26.6 Å². The smallest absolute Gasteiger partial charge is 0.326 e. The minimum atomic E-state index is -1.19. The van der Waals surface area contributed by atoms with E-state index in [4.69, 9.17) is 11.5 Å². The molecule has 5 amide bonds. The summed E-state index contributed by atoms with van der Waals surface area (Å²) in [5.41, 5.74) is 12.8. The van der Waals surface area contributed by atoms with Gasteiger partial charge in [0.1, 0.15) is 30.2 Å². The van der Waals surface area contributed by atoms with Gasteiger partial charge < -0.3 is 43.2 Å². The highest BCUT2D eigenvalue weighted by molar-refractivity contribution is 5.96. The number of amides is 5. The first-order valence-corrected chi connectivity index (χ1v) is 17.9. The van der Waals surface area contributed by atoms with E-state index < -0.39 is 77.7 Å². The van der Waals surface area contributed by atoms with Crippen LogP contribution in [0.15, 0.2) is 60.7 Å². The Morgan fingerprint density at radius 2 is 1.04 bits per heavy atom. The molecule has 0 saturated heterocycles. The Morgan fingerprint density at radius 3 is 1.48 bits per heavy atom. The van der Waals surface area contributed by atoms with E-state index in [1.165, 1.54) is 6.92 Å². The lowest BCUT2D eigenvalue weighted by molar-refractivity contribution is -0.142. The van der Waals surface area contributed by atoms with E-state index in [-0.39, 0.29) is 31.6 Å². The van der Waals surface area contributed by atoms with Gasteiger partial charge in [-0.2, -0.15) is 0 Å². The van der Waals surface area contributed by atoms with Crippen molar-refractivity contribution in [1.29, 1.82) is 0 Å². The first kappa shape index (κ1) is 43.3. The van der Waals surface area contributed by atoms with E-state index in [9.17, 15) is 33.9 Å². The molecule has 0 aliphatic heterocycles. The molecule has 0 fully saturated rings. The van der Waals surface area contributed by atoms with Crippen LogP contribution in [0.2, 0.25) is 0 Å². The van der Waals surface area contributed by atoms with Crippen LogP contribution in [0.5, 0.6) is 0 Å². The summed E-state index contributed by atoms with van der Waals surface area (Å²) in [4.78, 5) is 79.3. The summed E-state index contributed by atoms with van der Waals surface area (Å²) < 4.78 is 0. The zero-order valence-corrected chi connectivity index (χ0v) is 30.9. The number of carboxylic acid groups (broad SMARTS) is 1. The third kappa shape index (κ3) is 15.2. The fourth-order valence-corrected chi connectivity index (χ4v) is 5.47. The number of nitrogens with two attached hydrogens (primary N) is 2. The van der Waals surface area contributed by atoms with Gasteiger partial charge in [0.25, 0.3) is 0 Å². The van der Waals surface area contributed by atoms with Gasteiger partial charge in [0, 0.05) is 12.8 Å². The molecular weight excluding hydrogens is 666 g/mol. The van der Waals surface area contributed by atoms with Crippen molar-refractivity contribution in [3.8, 4) is 0 Å². The van der Waals surface area contributed by atoms with E-state index >= 15 is 0 Å². The highest BCUT2D eigenvalue weighted by atomic mass is 16.4. The van der Waals surface area contributed by atoms with Crippen molar-refractivity contribution in [3.05, 3.63) is 71.8 Å². The van der Waals surface area contributed by atoms with Crippen molar-refractivity contribution >= 4 is 35.5 Å². The second-order valence-corrected chi connectivity index (χ2v) is 13.9. The van der Waals surface area contributed by atoms with Crippen molar-refractivity contribution in [2.24, 2.45) is 23.3 Å². The predicted octanol–water partition coefficient (Wildman–Crippen LogP) is 1.16. The van der Waals surface area contributed by atoms with Gasteiger partial charge in [0.15, 0.2) is 0 Å². The van der Waals surface area contributed by atoms with Crippen LogP contribution in [0.4, 0.5) is 0 Å².